The van der Waals surface area contributed by atoms with Gasteiger partial charge in [0.2, 0.25) is 0 Å². The van der Waals surface area contributed by atoms with E-state index >= 15 is 0 Å². The summed E-state index contributed by atoms with van der Waals surface area (Å²) in [6.07, 6.45) is 7.57. The summed E-state index contributed by atoms with van der Waals surface area (Å²) in [5.41, 5.74) is 10.2. The molecule has 0 spiro atoms. The van der Waals surface area contributed by atoms with E-state index in [2.05, 4.69) is 86.5 Å². The number of nitrogens with zero attached hydrogens (tertiary/aromatic N) is 4. The van der Waals surface area contributed by atoms with Gasteiger partial charge < -0.3 is 14.5 Å². The molecule has 0 unspecified atom stereocenters. The van der Waals surface area contributed by atoms with Gasteiger partial charge in [0.25, 0.3) is 6.71 Å². The second kappa shape index (κ2) is 6.48. The molecule has 3 aliphatic heterocycles. The summed E-state index contributed by atoms with van der Waals surface area (Å²) in [7, 11) is 0. The minimum absolute atomic E-state index is 0.0564. The molecule has 0 amide bonds. The van der Waals surface area contributed by atoms with Gasteiger partial charge in [-0.3, -0.25) is 9.97 Å². The lowest BCUT2D eigenvalue weighted by Gasteiger charge is -2.45. The standard InChI is InChI=1S/C28H17BN4O/c1-3-8-18(9-4-1)32-20-12-7-13-21-26(20)29-27-22(32)14-30-16-24(27)34-25-17-31-15-23(28(25)29)33(21)19-10-5-2-6-11-19/h1-17H. The zero-order chi connectivity index (χ0) is 22.2. The van der Waals surface area contributed by atoms with Gasteiger partial charge in [0.15, 0.2) is 0 Å². The lowest BCUT2D eigenvalue weighted by molar-refractivity contribution is 0.483. The molecule has 0 N–H and O–H groups in total. The van der Waals surface area contributed by atoms with E-state index in [4.69, 9.17) is 4.74 Å². The minimum Gasteiger partial charge on any atom is -0.455 e. The second-order valence-electron chi connectivity index (χ2n) is 8.73. The van der Waals surface area contributed by atoms with Gasteiger partial charge in [0.05, 0.1) is 36.2 Å². The molecule has 0 bridgehead atoms. The number of ether oxygens (including phenoxy) is 1. The molecule has 5 nitrogen and oxygen atoms in total. The fraction of sp³-hybridized carbons (Fsp3) is 0. The van der Waals surface area contributed by atoms with Crippen LogP contribution in [0.2, 0.25) is 0 Å². The quantitative estimate of drug-likeness (QED) is 0.369. The highest BCUT2D eigenvalue weighted by Gasteiger charge is 2.48. The molecule has 0 aliphatic carbocycles. The third-order valence-electron chi connectivity index (χ3n) is 7.00. The van der Waals surface area contributed by atoms with Crippen LogP contribution in [0.15, 0.2) is 104 Å². The monoisotopic (exact) mass is 436 g/mol. The van der Waals surface area contributed by atoms with E-state index in [1.165, 1.54) is 5.46 Å². The second-order valence-corrected chi connectivity index (χ2v) is 8.73. The molecular weight excluding hydrogens is 419 g/mol. The van der Waals surface area contributed by atoms with Crippen LogP contribution in [0, 0.1) is 0 Å². The van der Waals surface area contributed by atoms with Gasteiger partial charge in [-0.15, -0.1) is 0 Å². The summed E-state index contributed by atoms with van der Waals surface area (Å²) in [6.45, 7) is 0.0564. The third-order valence-corrected chi connectivity index (χ3v) is 7.00. The Hall–Kier alpha value is -4.58. The molecule has 5 heterocycles. The number of pyridine rings is 2. The van der Waals surface area contributed by atoms with E-state index in [9.17, 15) is 0 Å². The van der Waals surface area contributed by atoms with Crippen LogP contribution in [0.3, 0.4) is 0 Å². The van der Waals surface area contributed by atoms with Crippen LogP contribution < -0.4 is 30.9 Å². The molecule has 0 saturated carbocycles. The zero-order valence-electron chi connectivity index (χ0n) is 18.1. The van der Waals surface area contributed by atoms with Gasteiger partial charge in [-0.2, -0.15) is 0 Å². The van der Waals surface area contributed by atoms with Crippen molar-refractivity contribution in [1.82, 2.24) is 9.97 Å². The number of para-hydroxylation sites is 2. The molecule has 0 saturated heterocycles. The normalized spacial score (nSPS) is 13.9. The highest BCUT2D eigenvalue weighted by molar-refractivity contribution is 7.01. The van der Waals surface area contributed by atoms with E-state index in [1.807, 2.05) is 36.9 Å². The first-order chi connectivity index (χ1) is 16.9. The maximum Gasteiger partial charge on any atom is 0.262 e. The number of hydrogen-bond acceptors (Lipinski definition) is 5. The molecule has 0 radical (unpaired) electrons. The lowest BCUT2D eigenvalue weighted by atomic mass is 9.32. The van der Waals surface area contributed by atoms with Gasteiger partial charge in [0, 0.05) is 33.7 Å². The summed E-state index contributed by atoms with van der Waals surface area (Å²) >= 11 is 0. The van der Waals surface area contributed by atoms with Gasteiger partial charge in [-0.05, 0) is 41.9 Å². The third kappa shape index (κ3) is 2.19. The zero-order valence-corrected chi connectivity index (χ0v) is 18.1. The molecule has 2 aromatic heterocycles. The average Bonchev–Trinajstić information content (AvgIpc) is 2.90. The molecule has 34 heavy (non-hydrogen) atoms. The Morgan fingerprint density at radius 1 is 0.500 bits per heavy atom. The SMILES string of the molecule is c1ccc(N2c3cncc4c3B3c5c(cncc5N(c5ccccc5)c5cccc2c53)O4)cc1. The van der Waals surface area contributed by atoms with Crippen LogP contribution in [0.5, 0.6) is 11.5 Å². The fourth-order valence-electron chi connectivity index (χ4n) is 5.73. The van der Waals surface area contributed by atoms with Crippen LogP contribution in [-0.4, -0.2) is 16.7 Å². The molecule has 6 heteroatoms. The Balaban J connectivity index is 1.52. The lowest BCUT2D eigenvalue weighted by Crippen LogP contribution is -2.63. The highest BCUT2D eigenvalue weighted by atomic mass is 16.5. The Labute approximate surface area is 197 Å². The largest absolute Gasteiger partial charge is 0.455 e. The Morgan fingerprint density at radius 2 is 1.00 bits per heavy atom. The van der Waals surface area contributed by atoms with Crippen molar-refractivity contribution in [2.75, 3.05) is 9.80 Å². The fourth-order valence-corrected chi connectivity index (χ4v) is 5.73. The van der Waals surface area contributed by atoms with Crippen molar-refractivity contribution in [2.24, 2.45) is 0 Å². The molecule has 3 aliphatic rings. The van der Waals surface area contributed by atoms with Crippen LogP contribution in [0.1, 0.15) is 0 Å². The highest BCUT2D eigenvalue weighted by Crippen LogP contribution is 2.46. The van der Waals surface area contributed by atoms with Crippen molar-refractivity contribution in [2.45, 2.75) is 0 Å². The average molecular weight is 436 g/mol. The van der Waals surface area contributed by atoms with Gasteiger partial charge in [-0.1, -0.05) is 42.5 Å². The molecule has 3 aromatic carbocycles. The van der Waals surface area contributed by atoms with E-state index in [-0.39, 0.29) is 6.71 Å². The smallest absolute Gasteiger partial charge is 0.262 e. The molecule has 5 aromatic rings. The van der Waals surface area contributed by atoms with E-state index in [1.54, 1.807) is 0 Å². The van der Waals surface area contributed by atoms with Gasteiger partial charge >= 0.3 is 0 Å². The van der Waals surface area contributed by atoms with E-state index < -0.39 is 0 Å². The molecular formula is C28H17BN4O. The summed E-state index contributed by atoms with van der Waals surface area (Å²) in [6, 6.07) is 27.5. The van der Waals surface area contributed by atoms with Crippen LogP contribution in [0.4, 0.5) is 34.1 Å². The molecule has 0 atom stereocenters. The van der Waals surface area contributed by atoms with Crippen molar-refractivity contribution >= 4 is 57.2 Å². The van der Waals surface area contributed by atoms with Crippen LogP contribution >= 0.6 is 0 Å². The maximum absolute atomic E-state index is 6.44. The first kappa shape index (κ1) is 17.9. The van der Waals surface area contributed by atoms with Crippen molar-refractivity contribution < 1.29 is 4.74 Å². The number of anilines is 6. The predicted molar refractivity (Wildman–Crippen MR) is 136 cm³/mol. The number of rotatable bonds is 2. The Morgan fingerprint density at radius 3 is 1.50 bits per heavy atom. The molecule has 158 valence electrons. The minimum atomic E-state index is 0.0564. The van der Waals surface area contributed by atoms with Crippen LogP contribution in [0.25, 0.3) is 0 Å². The van der Waals surface area contributed by atoms with Crippen molar-refractivity contribution in [3.05, 3.63) is 104 Å². The first-order valence-electron chi connectivity index (χ1n) is 11.4. The van der Waals surface area contributed by atoms with E-state index in [0.717, 1.165) is 56.5 Å². The topological polar surface area (TPSA) is 41.5 Å². The number of benzene rings is 3. The van der Waals surface area contributed by atoms with E-state index in [0.29, 0.717) is 0 Å². The van der Waals surface area contributed by atoms with Crippen molar-refractivity contribution in [3.8, 4) is 11.5 Å². The Kier molecular flexibility index (Phi) is 3.42. The van der Waals surface area contributed by atoms with Gasteiger partial charge in [0.1, 0.15) is 11.5 Å². The first-order valence-corrected chi connectivity index (χ1v) is 11.4. The van der Waals surface area contributed by atoms with Crippen molar-refractivity contribution in [1.29, 1.82) is 0 Å². The summed E-state index contributed by atoms with van der Waals surface area (Å²) in [5, 5.41) is 0. The number of aromatic nitrogens is 2. The summed E-state index contributed by atoms with van der Waals surface area (Å²) in [4.78, 5) is 13.7. The molecule has 0 fully saturated rings. The summed E-state index contributed by atoms with van der Waals surface area (Å²) < 4.78 is 6.44. The maximum atomic E-state index is 6.44. The Bertz CT molecular complexity index is 1490. The van der Waals surface area contributed by atoms with Crippen molar-refractivity contribution in [3.63, 3.8) is 0 Å². The van der Waals surface area contributed by atoms with Crippen LogP contribution in [-0.2, 0) is 0 Å². The predicted octanol–water partition coefficient (Wildman–Crippen LogP) is 4.66. The summed E-state index contributed by atoms with van der Waals surface area (Å²) in [5.74, 6) is 1.59. The molecule has 8 rings (SSSR count). The number of hydrogen-bond donors (Lipinski definition) is 0. The van der Waals surface area contributed by atoms with Gasteiger partial charge in [-0.25, -0.2) is 0 Å².